The van der Waals surface area contributed by atoms with Gasteiger partial charge in [-0.3, -0.25) is 9.78 Å². The number of amides is 1. The van der Waals surface area contributed by atoms with Crippen LogP contribution in [0.1, 0.15) is 16.1 Å². The second-order valence-corrected chi connectivity index (χ2v) is 8.30. The van der Waals surface area contributed by atoms with Gasteiger partial charge in [0.1, 0.15) is 5.01 Å². The molecule has 0 unspecified atom stereocenters. The Morgan fingerprint density at radius 2 is 2.12 bits per heavy atom. The lowest BCUT2D eigenvalue weighted by Gasteiger charge is -2.22. The van der Waals surface area contributed by atoms with E-state index in [0.29, 0.717) is 18.8 Å². The number of thioether (sulfide) groups is 1. The van der Waals surface area contributed by atoms with Crippen LogP contribution in [0, 0.1) is 6.92 Å². The Kier molecular flexibility index (Phi) is 5.95. The van der Waals surface area contributed by atoms with E-state index in [4.69, 9.17) is 0 Å². The lowest BCUT2D eigenvalue weighted by Crippen LogP contribution is -2.31. The van der Waals surface area contributed by atoms with Crippen LogP contribution in [0.5, 0.6) is 0 Å². The fourth-order valence-corrected chi connectivity index (χ4v) is 4.48. The van der Waals surface area contributed by atoms with E-state index in [0.717, 1.165) is 20.5 Å². The molecule has 24 heavy (non-hydrogen) atoms. The van der Waals surface area contributed by atoms with Crippen molar-refractivity contribution in [3.63, 3.8) is 0 Å². The van der Waals surface area contributed by atoms with Crippen LogP contribution in [0.3, 0.4) is 0 Å². The minimum atomic E-state index is 0.0860. The van der Waals surface area contributed by atoms with Gasteiger partial charge < -0.3 is 4.90 Å². The van der Waals surface area contributed by atoms with Crippen LogP contribution in [0.25, 0.3) is 0 Å². The Morgan fingerprint density at radius 3 is 2.79 bits per heavy atom. The molecule has 3 aromatic heterocycles. The lowest BCUT2D eigenvalue weighted by molar-refractivity contribution is -0.129. The van der Waals surface area contributed by atoms with E-state index in [1.54, 1.807) is 23.7 Å². The van der Waals surface area contributed by atoms with Crippen molar-refractivity contribution >= 4 is 40.3 Å². The summed E-state index contributed by atoms with van der Waals surface area (Å²) in [6.07, 6.45) is 3.54. The first-order chi connectivity index (χ1) is 11.7. The molecule has 5 nitrogen and oxygen atoms in total. The van der Waals surface area contributed by atoms with Gasteiger partial charge in [0.2, 0.25) is 5.91 Å². The number of hydrogen-bond donors (Lipinski definition) is 0. The predicted octanol–water partition coefficient (Wildman–Crippen LogP) is 3.62. The Balaban J connectivity index is 1.66. The maximum absolute atomic E-state index is 12.7. The summed E-state index contributed by atoms with van der Waals surface area (Å²) in [7, 11) is 0. The molecule has 0 saturated heterocycles. The topological polar surface area (TPSA) is 59.0 Å². The van der Waals surface area contributed by atoms with Crippen LogP contribution in [-0.4, -0.2) is 31.7 Å². The van der Waals surface area contributed by atoms with Crippen molar-refractivity contribution in [3.8, 4) is 0 Å². The van der Waals surface area contributed by atoms with E-state index in [9.17, 15) is 4.79 Å². The van der Waals surface area contributed by atoms with E-state index in [2.05, 4.69) is 26.6 Å². The standard InChI is InChI=1S/C16H16N4OS3/c1-12-18-19-16(24-12)23-11-15(21)20(9-14-4-6-22-10-14)8-13-3-2-5-17-7-13/h2-7,10H,8-9,11H2,1H3. The van der Waals surface area contributed by atoms with Crippen molar-refractivity contribution in [3.05, 3.63) is 57.5 Å². The van der Waals surface area contributed by atoms with E-state index >= 15 is 0 Å². The molecule has 0 saturated carbocycles. The van der Waals surface area contributed by atoms with Gasteiger partial charge in [-0.05, 0) is 40.9 Å². The molecule has 8 heteroatoms. The molecule has 0 spiro atoms. The zero-order valence-electron chi connectivity index (χ0n) is 13.1. The normalized spacial score (nSPS) is 10.7. The second kappa shape index (κ2) is 8.36. The summed E-state index contributed by atoms with van der Waals surface area (Å²) in [5.41, 5.74) is 2.17. The average Bonchev–Trinajstić information content (AvgIpc) is 3.24. The van der Waals surface area contributed by atoms with Crippen molar-refractivity contribution in [1.82, 2.24) is 20.1 Å². The van der Waals surface area contributed by atoms with Crippen molar-refractivity contribution in [2.24, 2.45) is 0 Å². The molecule has 0 aromatic carbocycles. The van der Waals surface area contributed by atoms with Crippen LogP contribution < -0.4 is 0 Å². The number of aromatic nitrogens is 3. The highest BCUT2D eigenvalue weighted by Crippen LogP contribution is 2.23. The molecule has 0 fully saturated rings. The number of aryl methyl sites for hydroxylation is 1. The zero-order valence-corrected chi connectivity index (χ0v) is 15.5. The highest BCUT2D eigenvalue weighted by Gasteiger charge is 2.16. The Morgan fingerprint density at radius 1 is 1.25 bits per heavy atom. The van der Waals surface area contributed by atoms with Gasteiger partial charge >= 0.3 is 0 Å². The van der Waals surface area contributed by atoms with E-state index in [1.807, 2.05) is 29.3 Å². The Labute approximate surface area is 152 Å². The summed E-state index contributed by atoms with van der Waals surface area (Å²) < 4.78 is 0.831. The van der Waals surface area contributed by atoms with Gasteiger partial charge in [0.15, 0.2) is 4.34 Å². The molecule has 3 aromatic rings. The van der Waals surface area contributed by atoms with Crippen LogP contribution in [0.15, 0.2) is 45.7 Å². The quantitative estimate of drug-likeness (QED) is 0.590. The van der Waals surface area contributed by atoms with Gasteiger partial charge in [-0.15, -0.1) is 10.2 Å². The first-order valence-electron chi connectivity index (χ1n) is 7.31. The zero-order chi connectivity index (χ0) is 16.8. The van der Waals surface area contributed by atoms with Crippen molar-refractivity contribution < 1.29 is 4.79 Å². The minimum absolute atomic E-state index is 0.0860. The third-order valence-electron chi connectivity index (χ3n) is 3.23. The van der Waals surface area contributed by atoms with Crippen molar-refractivity contribution in [2.75, 3.05) is 5.75 Å². The predicted molar refractivity (Wildman–Crippen MR) is 98.2 cm³/mol. The first-order valence-corrected chi connectivity index (χ1v) is 10.1. The average molecular weight is 377 g/mol. The van der Waals surface area contributed by atoms with Crippen molar-refractivity contribution in [1.29, 1.82) is 0 Å². The summed E-state index contributed by atoms with van der Waals surface area (Å²) in [5.74, 6) is 0.446. The Hall–Kier alpha value is -1.77. The van der Waals surface area contributed by atoms with Crippen LogP contribution >= 0.6 is 34.4 Å². The fraction of sp³-hybridized carbons (Fsp3) is 0.250. The number of nitrogens with zero attached hydrogens (tertiary/aromatic N) is 4. The molecule has 3 rings (SSSR count). The smallest absolute Gasteiger partial charge is 0.233 e. The molecule has 3 heterocycles. The molecule has 124 valence electrons. The van der Waals surface area contributed by atoms with Crippen LogP contribution in [-0.2, 0) is 17.9 Å². The van der Waals surface area contributed by atoms with Crippen LogP contribution in [0.2, 0.25) is 0 Å². The Bertz CT molecular complexity index is 774. The monoisotopic (exact) mass is 376 g/mol. The fourth-order valence-electron chi connectivity index (χ4n) is 2.10. The lowest BCUT2D eigenvalue weighted by atomic mass is 10.2. The molecule has 0 N–H and O–H groups in total. The molecule has 0 aliphatic carbocycles. The molecule has 0 aliphatic rings. The molecule has 0 bridgehead atoms. The number of thiophene rings is 1. The van der Waals surface area contributed by atoms with Gasteiger partial charge in [0.25, 0.3) is 0 Å². The first kappa shape index (κ1) is 17.1. The van der Waals surface area contributed by atoms with Crippen molar-refractivity contribution in [2.45, 2.75) is 24.4 Å². The van der Waals surface area contributed by atoms with Crippen LogP contribution in [0.4, 0.5) is 0 Å². The molecule has 0 atom stereocenters. The summed E-state index contributed by atoms with van der Waals surface area (Å²) >= 11 is 4.59. The number of carbonyl (C=O) groups is 1. The largest absolute Gasteiger partial charge is 0.333 e. The SMILES string of the molecule is Cc1nnc(SCC(=O)N(Cc2cccnc2)Cc2ccsc2)s1. The summed E-state index contributed by atoms with van der Waals surface area (Å²) in [6.45, 7) is 3.07. The van der Waals surface area contributed by atoms with E-state index in [-0.39, 0.29) is 5.91 Å². The van der Waals surface area contributed by atoms with Gasteiger partial charge in [-0.1, -0.05) is 29.2 Å². The summed E-state index contributed by atoms with van der Waals surface area (Å²) in [4.78, 5) is 18.7. The maximum atomic E-state index is 12.7. The van der Waals surface area contributed by atoms with Gasteiger partial charge in [0.05, 0.1) is 5.75 Å². The third kappa shape index (κ3) is 4.86. The molecular weight excluding hydrogens is 360 g/mol. The second-order valence-electron chi connectivity index (χ2n) is 5.12. The molecule has 0 radical (unpaired) electrons. The molecule has 1 amide bonds. The maximum Gasteiger partial charge on any atom is 0.233 e. The number of rotatable bonds is 7. The van der Waals surface area contributed by atoms with Gasteiger partial charge in [-0.2, -0.15) is 11.3 Å². The van der Waals surface area contributed by atoms with E-state index in [1.165, 1.54) is 23.1 Å². The van der Waals surface area contributed by atoms with Gasteiger partial charge in [0, 0.05) is 25.5 Å². The number of carbonyl (C=O) groups excluding carboxylic acids is 1. The minimum Gasteiger partial charge on any atom is -0.333 e. The highest BCUT2D eigenvalue weighted by atomic mass is 32.2. The third-order valence-corrected chi connectivity index (χ3v) is 5.92. The van der Waals surface area contributed by atoms with E-state index < -0.39 is 0 Å². The summed E-state index contributed by atoms with van der Waals surface area (Å²) in [5, 5.41) is 13.1. The highest BCUT2D eigenvalue weighted by molar-refractivity contribution is 8.01. The number of hydrogen-bond acceptors (Lipinski definition) is 7. The summed E-state index contributed by atoms with van der Waals surface area (Å²) in [6, 6.07) is 5.93. The van der Waals surface area contributed by atoms with Gasteiger partial charge in [-0.25, -0.2) is 0 Å². The molecule has 0 aliphatic heterocycles. The number of pyridine rings is 1. The molecular formula is C16H16N4OS3.